The summed E-state index contributed by atoms with van der Waals surface area (Å²) in [4.78, 5) is 53.0. The van der Waals surface area contributed by atoms with Crippen molar-refractivity contribution in [1.29, 1.82) is 0 Å². The molecule has 2 unspecified atom stereocenters. The van der Waals surface area contributed by atoms with E-state index in [0.29, 0.717) is 51.7 Å². The number of carbonyl (C=O) groups is 2. The number of H-pyrrole nitrogens is 1. The van der Waals surface area contributed by atoms with Gasteiger partial charge in [-0.05, 0) is 62.5 Å². The zero-order valence-electron chi connectivity index (χ0n) is 28.7. The molecule has 0 spiro atoms. The summed E-state index contributed by atoms with van der Waals surface area (Å²) in [5.74, 6) is 0.840. The van der Waals surface area contributed by atoms with E-state index < -0.39 is 18.4 Å². The number of aromatic nitrogens is 2. The molecule has 10 nitrogen and oxygen atoms in total. The molecule has 2 aromatic heterocycles. The minimum Gasteiger partial charge on any atom is -0.465 e. The maximum absolute atomic E-state index is 12.9. The fourth-order valence-corrected chi connectivity index (χ4v) is 6.36. The van der Waals surface area contributed by atoms with Crippen LogP contribution in [0.4, 0.5) is 8.78 Å². The maximum Gasteiger partial charge on any atom is 0.329 e. The Kier molecular flexibility index (Phi) is 15.5. The zero-order chi connectivity index (χ0) is 35.3. The van der Waals surface area contributed by atoms with E-state index in [4.69, 9.17) is 9.47 Å². The van der Waals surface area contributed by atoms with Crippen LogP contribution in [-0.4, -0.2) is 101 Å². The monoisotopic (exact) mass is 752 g/mol. The summed E-state index contributed by atoms with van der Waals surface area (Å²) in [5, 5.41) is 0. The van der Waals surface area contributed by atoms with E-state index in [0.717, 1.165) is 62.2 Å². The van der Waals surface area contributed by atoms with Gasteiger partial charge in [-0.2, -0.15) is 0 Å². The van der Waals surface area contributed by atoms with Crippen molar-refractivity contribution in [2.75, 3.05) is 52.5 Å². The van der Waals surface area contributed by atoms with Gasteiger partial charge >= 0.3 is 11.9 Å². The van der Waals surface area contributed by atoms with Gasteiger partial charge in [0.05, 0.1) is 13.2 Å². The molecule has 6 rings (SSSR count). The molecule has 1 N–H and O–H groups in total. The van der Waals surface area contributed by atoms with Crippen LogP contribution in [0.25, 0.3) is 0 Å². The first-order chi connectivity index (χ1) is 23.5. The second-order valence-corrected chi connectivity index (χ2v) is 14.5. The van der Waals surface area contributed by atoms with Gasteiger partial charge in [0.1, 0.15) is 23.2 Å². The lowest BCUT2D eigenvalue weighted by atomic mass is 10.1. The summed E-state index contributed by atoms with van der Waals surface area (Å²) >= 11 is 3.31. The fraction of sp³-hybridized carbons (Fsp3) is 0.667. The molecule has 0 bridgehead atoms. The molecule has 0 aromatic carbocycles. The second-order valence-electron chi connectivity index (χ2n) is 13.4. The Morgan fingerprint density at radius 3 is 1.86 bits per heavy atom. The Labute approximate surface area is 295 Å². The molecule has 0 amide bonds. The Morgan fingerprint density at radius 2 is 1.35 bits per heavy atom. The molecule has 49 heavy (non-hydrogen) atoms. The van der Waals surface area contributed by atoms with Crippen molar-refractivity contribution in [1.82, 2.24) is 19.4 Å². The van der Waals surface area contributed by atoms with Crippen LogP contribution in [0.15, 0.2) is 46.2 Å². The number of nitrogens with zero attached hydrogens (tertiary/aromatic N) is 3. The standard InChI is InChI=1S/C18H25FN2O3.C10H13FN2O.C8H13BrO2/c1-2-24-18(23)16(9-13-3-4-13)21-10-14(5-6-17(21)22)7-8-20-11-15(19)12-20;11-9-6-13(7-9)4-3-8-1-2-10(14)12-5-8;1-2-11-8(10)7(9)5-6-3-4-6/h5-6,10,13,15-16H,2-4,7-9,11-12H2,1H3;1-2,5,9H,3-4,6-7H2,(H,12,14);6-7H,2-5H2,1H3. The van der Waals surface area contributed by atoms with E-state index in [1.807, 2.05) is 17.9 Å². The highest BCUT2D eigenvalue weighted by Crippen LogP contribution is 2.37. The Bertz CT molecular complexity index is 1430. The number of rotatable bonds is 15. The molecule has 2 saturated heterocycles. The number of likely N-dealkylation sites (tertiary alicyclic amines) is 2. The van der Waals surface area contributed by atoms with Crippen LogP contribution in [-0.2, 0) is 31.9 Å². The van der Waals surface area contributed by atoms with Crippen LogP contribution >= 0.6 is 15.9 Å². The number of hydrogen-bond acceptors (Lipinski definition) is 8. The van der Waals surface area contributed by atoms with E-state index in [-0.39, 0.29) is 27.9 Å². The van der Waals surface area contributed by atoms with E-state index >= 15 is 0 Å². The SMILES string of the molecule is CCOC(=O)C(Br)CC1CC1.CCOC(=O)C(CC1CC1)n1cc(CCN2CC(F)C2)ccc1=O.O=c1ccc(CCN2CC(F)C2)c[nH]1. The predicted octanol–water partition coefficient (Wildman–Crippen LogP) is 4.63. The third kappa shape index (κ3) is 13.7. The number of nitrogens with one attached hydrogen (secondary N) is 1. The van der Waals surface area contributed by atoms with Crippen LogP contribution in [0, 0.1) is 11.8 Å². The molecule has 272 valence electrons. The molecular formula is C36H51BrF2N4O6. The normalized spacial score (nSPS) is 19.2. The molecule has 2 atom stereocenters. The van der Waals surface area contributed by atoms with E-state index in [2.05, 4.69) is 25.8 Å². The third-order valence-corrected chi connectivity index (χ3v) is 9.78. The third-order valence-electron chi connectivity index (χ3n) is 9.03. The smallest absolute Gasteiger partial charge is 0.329 e. The van der Waals surface area contributed by atoms with Gasteiger partial charge < -0.3 is 19.0 Å². The highest BCUT2D eigenvalue weighted by atomic mass is 79.9. The van der Waals surface area contributed by atoms with Gasteiger partial charge in [0.15, 0.2) is 0 Å². The minimum atomic E-state index is -0.703. The van der Waals surface area contributed by atoms with Gasteiger partial charge in [-0.1, -0.05) is 53.7 Å². The fourth-order valence-electron chi connectivity index (χ4n) is 5.70. The van der Waals surface area contributed by atoms with Crippen molar-refractivity contribution in [3.8, 4) is 0 Å². The summed E-state index contributed by atoms with van der Waals surface area (Å²) < 4.78 is 36.9. The topological polar surface area (TPSA) is 114 Å². The molecule has 2 aromatic rings. The van der Waals surface area contributed by atoms with Crippen LogP contribution in [0.3, 0.4) is 0 Å². The molecule has 4 aliphatic rings. The van der Waals surface area contributed by atoms with Crippen molar-refractivity contribution >= 4 is 27.9 Å². The molecule has 0 radical (unpaired) electrons. The minimum absolute atomic E-state index is 0.0741. The van der Waals surface area contributed by atoms with Gasteiger partial charge in [0, 0.05) is 63.8 Å². The van der Waals surface area contributed by atoms with E-state index in [9.17, 15) is 28.0 Å². The largest absolute Gasteiger partial charge is 0.465 e. The Morgan fingerprint density at radius 1 is 0.816 bits per heavy atom. The number of carbonyl (C=O) groups excluding carboxylic acids is 2. The summed E-state index contributed by atoms with van der Waals surface area (Å²) in [6.45, 7) is 8.13. The summed E-state index contributed by atoms with van der Waals surface area (Å²) in [7, 11) is 0. The number of esters is 2. The highest BCUT2D eigenvalue weighted by Gasteiger charge is 2.32. The number of pyridine rings is 2. The maximum atomic E-state index is 12.9. The van der Waals surface area contributed by atoms with E-state index in [1.54, 1.807) is 25.4 Å². The van der Waals surface area contributed by atoms with Crippen LogP contribution in [0.1, 0.15) is 69.5 Å². The van der Waals surface area contributed by atoms with Crippen molar-refractivity contribution in [2.24, 2.45) is 11.8 Å². The Balaban J connectivity index is 0.000000183. The predicted molar refractivity (Wildman–Crippen MR) is 188 cm³/mol. The van der Waals surface area contributed by atoms with Crippen LogP contribution < -0.4 is 11.1 Å². The second kappa shape index (κ2) is 19.5. The first-order valence-electron chi connectivity index (χ1n) is 17.6. The molecule has 2 aliphatic carbocycles. The highest BCUT2D eigenvalue weighted by molar-refractivity contribution is 9.10. The molecule has 13 heteroatoms. The van der Waals surface area contributed by atoms with Crippen LogP contribution in [0.5, 0.6) is 0 Å². The molecule has 4 heterocycles. The van der Waals surface area contributed by atoms with Crippen molar-refractivity contribution < 1.29 is 27.8 Å². The van der Waals surface area contributed by atoms with Gasteiger partial charge in [-0.25, -0.2) is 13.6 Å². The molecule has 2 aliphatic heterocycles. The zero-order valence-corrected chi connectivity index (χ0v) is 30.3. The number of ether oxygens (including phenoxy) is 2. The number of halogens is 3. The van der Waals surface area contributed by atoms with E-state index in [1.165, 1.54) is 29.5 Å². The Hall–Kier alpha value is -2.90. The van der Waals surface area contributed by atoms with Gasteiger partial charge in [0.2, 0.25) is 5.56 Å². The summed E-state index contributed by atoms with van der Waals surface area (Å²) in [6, 6.07) is 6.10. The lowest BCUT2D eigenvalue weighted by Gasteiger charge is -2.34. The molecular weight excluding hydrogens is 702 g/mol. The molecule has 2 saturated carbocycles. The lowest BCUT2D eigenvalue weighted by Crippen LogP contribution is -2.48. The van der Waals surface area contributed by atoms with Gasteiger partial charge in [-0.15, -0.1) is 0 Å². The van der Waals surface area contributed by atoms with Crippen molar-refractivity contribution in [3.63, 3.8) is 0 Å². The van der Waals surface area contributed by atoms with Crippen molar-refractivity contribution in [2.45, 2.75) is 88.4 Å². The molecule has 4 fully saturated rings. The van der Waals surface area contributed by atoms with Gasteiger partial charge in [0.25, 0.3) is 5.56 Å². The van der Waals surface area contributed by atoms with Crippen molar-refractivity contribution in [3.05, 3.63) is 68.5 Å². The average molecular weight is 754 g/mol. The first kappa shape index (κ1) is 38.9. The average Bonchev–Trinajstić information content (AvgIpc) is 3.99. The summed E-state index contributed by atoms with van der Waals surface area (Å²) in [6.07, 6.45) is 10.2. The summed E-state index contributed by atoms with van der Waals surface area (Å²) in [5.41, 5.74) is 1.82. The number of aromatic amines is 1. The first-order valence-corrected chi connectivity index (χ1v) is 18.5. The number of hydrogen-bond donors (Lipinski definition) is 1. The van der Waals surface area contributed by atoms with Gasteiger partial charge in [-0.3, -0.25) is 24.2 Å². The number of alkyl halides is 3. The lowest BCUT2D eigenvalue weighted by molar-refractivity contribution is -0.147. The quantitative estimate of drug-likeness (QED) is 0.207. The van der Waals surface area contributed by atoms with Crippen LogP contribution in [0.2, 0.25) is 0 Å².